The van der Waals surface area contributed by atoms with Crippen molar-refractivity contribution in [2.75, 3.05) is 74.4 Å². The molecular weight excluding hydrogens is 799 g/mol. The summed E-state index contributed by atoms with van der Waals surface area (Å²) in [7, 11) is -0.923. The fourth-order valence-corrected chi connectivity index (χ4v) is 9.80. The van der Waals surface area contributed by atoms with E-state index < -0.39 is 36.8 Å². The monoisotopic (exact) mass is 844 g/mol. The molecule has 4 amide bonds. The highest BCUT2D eigenvalue weighted by Crippen LogP contribution is 2.39. The van der Waals surface area contributed by atoms with Gasteiger partial charge in [0.1, 0.15) is 24.0 Å². The molecule has 3 aliphatic rings. The van der Waals surface area contributed by atoms with Crippen LogP contribution in [0.2, 0.25) is 5.02 Å². The highest BCUT2D eigenvalue weighted by Gasteiger charge is 2.45. The van der Waals surface area contributed by atoms with Gasteiger partial charge in [-0.25, -0.2) is 4.98 Å². The molecule has 1 unspecified atom stereocenters. The van der Waals surface area contributed by atoms with Gasteiger partial charge in [0.15, 0.2) is 5.82 Å². The third-order valence-corrected chi connectivity index (χ3v) is 13.4. The van der Waals surface area contributed by atoms with Crippen LogP contribution in [0.25, 0.3) is 0 Å². The van der Waals surface area contributed by atoms with Crippen molar-refractivity contribution in [3.8, 4) is 5.75 Å². The maximum atomic E-state index is 13.4. The lowest BCUT2D eigenvalue weighted by Gasteiger charge is -2.36. The molecule has 17 heteroatoms. The van der Waals surface area contributed by atoms with Gasteiger partial charge in [0.2, 0.25) is 17.8 Å². The number of piperidine rings is 1. The number of ether oxygens (including phenoxy) is 1. The lowest BCUT2D eigenvalue weighted by molar-refractivity contribution is -0.136. The molecule has 2 saturated heterocycles. The minimum Gasteiger partial charge on any atom is -0.494 e. The van der Waals surface area contributed by atoms with Crippen LogP contribution in [0.1, 0.15) is 52.8 Å². The number of para-hydroxylation sites is 1. The highest BCUT2D eigenvalue weighted by molar-refractivity contribution is 7.99. The number of thioether (sulfide) groups is 1. The second-order valence-corrected chi connectivity index (χ2v) is 19.5. The van der Waals surface area contributed by atoms with Gasteiger partial charge in [-0.15, -0.1) is 11.8 Å². The highest BCUT2D eigenvalue weighted by atomic mass is 35.5. The summed E-state index contributed by atoms with van der Waals surface area (Å²) in [5.41, 5.74) is 3.10. The number of anilines is 5. The number of carbonyl (C=O) groups excluding carboxylic acids is 4. The maximum absolute atomic E-state index is 13.4. The van der Waals surface area contributed by atoms with Crippen molar-refractivity contribution in [1.82, 2.24) is 25.1 Å². The number of unbranched alkanes of at least 4 members (excludes halogenated alkanes) is 2. The van der Waals surface area contributed by atoms with Crippen LogP contribution in [0, 0.1) is 0 Å². The van der Waals surface area contributed by atoms with Crippen LogP contribution in [0.15, 0.2) is 71.8 Å². The van der Waals surface area contributed by atoms with Gasteiger partial charge in [-0.3, -0.25) is 34.3 Å². The minimum atomic E-state index is -2.55. The number of piperazine rings is 1. The van der Waals surface area contributed by atoms with E-state index in [0.717, 1.165) is 73.2 Å². The lowest BCUT2D eigenvalue weighted by atomic mass is 10.0. The number of fused-ring (bicyclic) bond motifs is 1. The summed E-state index contributed by atoms with van der Waals surface area (Å²) < 4.78 is 18.6. The lowest BCUT2D eigenvalue weighted by Crippen LogP contribution is -2.54. The molecule has 0 aliphatic carbocycles. The predicted octanol–water partition coefficient (Wildman–Crippen LogP) is 6.36. The zero-order valence-electron chi connectivity index (χ0n) is 32.6. The molecule has 14 nitrogen and oxygen atoms in total. The fourth-order valence-electron chi connectivity index (χ4n) is 7.42. The van der Waals surface area contributed by atoms with Crippen LogP contribution in [0.3, 0.4) is 0 Å². The zero-order valence-corrected chi connectivity index (χ0v) is 35.1. The van der Waals surface area contributed by atoms with Crippen molar-refractivity contribution in [3.05, 3.63) is 83.0 Å². The molecule has 2 fully saturated rings. The van der Waals surface area contributed by atoms with E-state index in [2.05, 4.69) is 41.8 Å². The van der Waals surface area contributed by atoms with Gasteiger partial charge >= 0.3 is 0 Å². The molecule has 1 aromatic heterocycles. The van der Waals surface area contributed by atoms with Crippen LogP contribution in [0.4, 0.5) is 28.8 Å². The summed E-state index contributed by atoms with van der Waals surface area (Å²) in [6.45, 7) is 8.09. The van der Waals surface area contributed by atoms with Gasteiger partial charge in [0.25, 0.3) is 11.8 Å². The van der Waals surface area contributed by atoms with E-state index in [-0.39, 0.29) is 12.8 Å². The van der Waals surface area contributed by atoms with Crippen LogP contribution in [-0.2, 0) is 14.2 Å². The largest absolute Gasteiger partial charge is 0.494 e. The Morgan fingerprint density at radius 2 is 1.72 bits per heavy atom. The number of methoxy groups -OCH3 is 1. The molecule has 3 aliphatic heterocycles. The van der Waals surface area contributed by atoms with Crippen molar-refractivity contribution >= 4 is 88.3 Å². The van der Waals surface area contributed by atoms with E-state index in [1.54, 1.807) is 44.3 Å². The van der Waals surface area contributed by atoms with Gasteiger partial charge in [0.05, 0.1) is 35.8 Å². The Kier molecular flexibility index (Phi) is 12.7. The number of benzene rings is 3. The molecule has 58 heavy (non-hydrogen) atoms. The van der Waals surface area contributed by atoms with Gasteiger partial charge in [-0.05, 0) is 81.3 Å². The van der Waals surface area contributed by atoms with Gasteiger partial charge in [-0.1, -0.05) is 36.2 Å². The number of hydrogen-bond acceptors (Lipinski definition) is 13. The van der Waals surface area contributed by atoms with Crippen molar-refractivity contribution in [3.63, 3.8) is 0 Å². The normalized spacial score (nSPS) is 17.3. The Labute approximate surface area is 346 Å². The number of halogens is 1. The SMILES string of the molecule is COc1cc(N2CCN(CCCCCSc3cccc4c3C(=O)N(C3CCC(=O)NC3=O)C4=O)CC2)ccc1Nc1ncc(Cl)c(Nc2ccccc2P(C)(C)=O)n1. The molecule has 0 saturated carbocycles. The molecule has 0 spiro atoms. The number of carbonyl (C=O) groups is 4. The standard InChI is InChI=1S/C41H46ClN8O6PS/c1-56-32-24-26(14-15-29(32)45-41-43-25-28(42)37(47-41)44-30-11-5-6-12-33(30)57(2,3)55)49-21-19-48(20-22-49)18-7-4-8-23-58-34-13-9-10-27-36(34)40(54)50(39(27)53)31-16-17-35(51)46-38(31)52/h5-6,9-15,24-25,31H,4,7-8,16-23H2,1-3H3,(H,46,51,52)(H2,43,44,45,47). The number of nitrogens with zero attached hydrogens (tertiary/aromatic N) is 5. The molecule has 304 valence electrons. The molecule has 4 heterocycles. The Morgan fingerprint density at radius 3 is 2.48 bits per heavy atom. The average molecular weight is 845 g/mol. The molecule has 1 atom stereocenters. The average Bonchev–Trinajstić information content (AvgIpc) is 3.46. The first kappa shape index (κ1) is 41.2. The summed E-state index contributed by atoms with van der Waals surface area (Å²) in [4.78, 5) is 66.2. The summed E-state index contributed by atoms with van der Waals surface area (Å²) in [6.07, 6.45) is 4.79. The first-order chi connectivity index (χ1) is 27.9. The van der Waals surface area contributed by atoms with Crippen LogP contribution in [-0.4, -0.2) is 108 Å². The van der Waals surface area contributed by atoms with Crippen molar-refractivity contribution in [2.45, 2.75) is 43.0 Å². The van der Waals surface area contributed by atoms with E-state index in [1.807, 2.05) is 42.5 Å². The Hall–Kier alpha value is -4.95. The molecular formula is C41H46ClN8O6PS. The second kappa shape index (κ2) is 17.9. The predicted molar refractivity (Wildman–Crippen MR) is 228 cm³/mol. The van der Waals surface area contributed by atoms with Crippen molar-refractivity contribution in [1.29, 1.82) is 0 Å². The number of hydrogen-bond donors (Lipinski definition) is 3. The Bertz CT molecular complexity index is 2280. The first-order valence-corrected chi connectivity index (χ1v) is 23.2. The molecule has 0 bridgehead atoms. The van der Waals surface area contributed by atoms with Gasteiger partial charge in [0, 0.05) is 54.6 Å². The fraction of sp³-hybridized carbons (Fsp3) is 0.366. The third-order valence-electron chi connectivity index (χ3n) is 10.5. The maximum Gasteiger partial charge on any atom is 0.263 e. The second-order valence-electron chi connectivity index (χ2n) is 14.8. The van der Waals surface area contributed by atoms with Crippen LogP contribution >= 0.6 is 30.5 Å². The van der Waals surface area contributed by atoms with Crippen molar-refractivity contribution < 1.29 is 28.5 Å². The van der Waals surface area contributed by atoms with E-state index >= 15 is 0 Å². The summed E-state index contributed by atoms with van der Waals surface area (Å²) in [5.74, 6) is 0.218. The number of aromatic nitrogens is 2. The number of nitrogens with one attached hydrogen (secondary N) is 3. The topological polar surface area (TPSA) is 166 Å². The van der Waals surface area contributed by atoms with Crippen LogP contribution < -0.4 is 30.9 Å². The smallest absolute Gasteiger partial charge is 0.263 e. The number of imide groups is 2. The number of amides is 4. The first-order valence-electron chi connectivity index (χ1n) is 19.2. The summed E-state index contributed by atoms with van der Waals surface area (Å²) in [6, 6.07) is 17.7. The molecule has 3 aromatic carbocycles. The van der Waals surface area contributed by atoms with E-state index in [4.69, 9.17) is 16.3 Å². The van der Waals surface area contributed by atoms with E-state index in [1.165, 1.54) is 6.20 Å². The molecule has 3 N–H and O–H groups in total. The summed E-state index contributed by atoms with van der Waals surface area (Å²) >= 11 is 8.02. The molecule has 0 radical (unpaired) electrons. The van der Waals surface area contributed by atoms with Crippen LogP contribution in [0.5, 0.6) is 5.75 Å². The summed E-state index contributed by atoms with van der Waals surface area (Å²) in [5, 5.41) is 9.77. The minimum absolute atomic E-state index is 0.0920. The quantitative estimate of drug-likeness (QED) is 0.0525. The van der Waals surface area contributed by atoms with Crippen molar-refractivity contribution in [2.24, 2.45) is 0 Å². The third kappa shape index (κ3) is 9.18. The van der Waals surface area contributed by atoms with Gasteiger partial charge < -0.3 is 24.8 Å². The van der Waals surface area contributed by atoms with E-state index in [0.29, 0.717) is 50.3 Å². The zero-order chi connectivity index (χ0) is 41.0. The molecule has 4 aromatic rings. The Balaban J connectivity index is 0.864. The number of rotatable bonds is 15. The molecule has 7 rings (SSSR count). The van der Waals surface area contributed by atoms with Gasteiger partial charge in [-0.2, -0.15) is 4.98 Å². The van der Waals surface area contributed by atoms with E-state index in [9.17, 15) is 23.7 Å². The Morgan fingerprint density at radius 1 is 0.931 bits per heavy atom.